The van der Waals surface area contributed by atoms with Crippen molar-refractivity contribution in [3.63, 3.8) is 0 Å². The van der Waals surface area contributed by atoms with E-state index in [2.05, 4.69) is 21.2 Å². The van der Waals surface area contributed by atoms with Crippen LogP contribution >= 0.6 is 15.9 Å². The number of hydrogen-bond donors (Lipinski definition) is 1. The van der Waals surface area contributed by atoms with Gasteiger partial charge in [-0.1, -0.05) is 0 Å². The number of non-ortho nitro benzene ring substituents is 1. The molecule has 0 fully saturated rings. The second kappa shape index (κ2) is 6.53. The average Bonchev–Trinajstić information content (AvgIpc) is 2.47. The Morgan fingerprint density at radius 1 is 1.33 bits per heavy atom. The third-order valence-electron chi connectivity index (χ3n) is 2.81. The van der Waals surface area contributed by atoms with Crippen molar-refractivity contribution in [3.8, 4) is 5.75 Å². The van der Waals surface area contributed by atoms with E-state index in [1.165, 1.54) is 31.4 Å². The molecule has 0 spiro atoms. The van der Waals surface area contributed by atoms with Gasteiger partial charge in [0.1, 0.15) is 11.6 Å². The molecule has 0 heterocycles. The Bertz CT molecular complexity index is 679. The predicted octanol–water partition coefficient (Wildman–Crippen LogP) is 4.12. The summed E-state index contributed by atoms with van der Waals surface area (Å²) in [5, 5.41) is 13.9. The van der Waals surface area contributed by atoms with Crippen molar-refractivity contribution in [3.05, 3.63) is 62.4 Å². The molecule has 0 radical (unpaired) electrons. The van der Waals surface area contributed by atoms with Gasteiger partial charge in [0.25, 0.3) is 5.69 Å². The van der Waals surface area contributed by atoms with Crippen LogP contribution in [0.3, 0.4) is 0 Å². The number of nitrogens with zero attached hydrogens (tertiary/aromatic N) is 1. The van der Waals surface area contributed by atoms with Gasteiger partial charge in [0, 0.05) is 17.1 Å². The molecule has 2 aromatic carbocycles. The van der Waals surface area contributed by atoms with E-state index in [0.29, 0.717) is 28.0 Å². The summed E-state index contributed by atoms with van der Waals surface area (Å²) in [6, 6.07) is 8.76. The molecule has 110 valence electrons. The van der Waals surface area contributed by atoms with Gasteiger partial charge in [-0.05, 0) is 45.8 Å². The molecule has 5 nitrogen and oxygen atoms in total. The maximum absolute atomic E-state index is 13.2. The van der Waals surface area contributed by atoms with Gasteiger partial charge in [0.15, 0.2) is 0 Å². The van der Waals surface area contributed by atoms with E-state index >= 15 is 0 Å². The molecule has 0 amide bonds. The van der Waals surface area contributed by atoms with Gasteiger partial charge in [-0.3, -0.25) is 10.1 Å². The van der Waals surface area contributed by atoms with Crippen LogP contribution in [-0.4, -0.2) is 12.0 Å². The van der Waals surface area contributed by atoms with Crippen molar-refractivity contribution in [2.45, 2.75) is 6.54 Å². The summed E-state index contributed by atoms with van der Waals surface area (Å²) >= 11 is 3.31. The molecule has 2 aromatic rings. The third-order valence-corrected chi connectivity index (χ3v) is 3.50. The van der Waals surface area contributed by atoms with Crippen LogP contribution in [0.4, 0.5) is 15.8 Å². The van der Waals surface area contributed by atoms with Crippen molar-refractivity contribution in [1.29, 1.82) is 0 Å². The minimum Gasteiger partial charge on any atom is -0.496 e. The number of nitro benzene ring substituents is 1. The van der Waals surface area contributed by atoms with Crippen LogP contribution in [0, 0.1) is 15.9 Å². The molecule has 0 atom stereocenters. The van der Waals surface area contributed by atoms with E-state index < -0.39 is 4.92 Å². The van der Waals surface area contributed by atoms with Crippen LogP contribution < -0.4 is 10.1 Å². The highest BCUT2D eigenvalue weighted by molar-refractivity contribution is 9.10. The number of hydrogen-bond acceptors (Lipinski definition) is 4. The zero-order chi connectivity index (χ0) is 15.4. The van der Waals surface area contributed by atoms with E-state index in [1.54, 1.807) is 12.1 Å². The minimum absolute atomic E-state index is 0.0514. The van der Waals surface area contributed by atoms with Gasteiger partial charge >= 0.3 is 0 Å². The van der Waals surface area contributed by atoms with Crippen LogP contribution in [0.2, 0.25) is 0 Å². The molecule has 2 rings (SSSR count). The van der Waals surface area contributed by atoms with Crippen LogP contribution in [-0.2, 0) is 6.54 Å². The molecule has 21 heavy (non-hydrogen) atoms. The Morgan fingerprint density at radius 2 is 2.10 bits per heavy atom. The first-order valence-corrected chi connectivity index (χ1v) is 6.80. The number of rotatable bonds is 5. The molecule has 0 aliphatic heterocycles. The lowest BCUT2D eigenvalue weighted by molar-refractivity contribution is -0.385. The van der Waals surface area contributed by atoms with Gasteiger partial charge in [-0.2, -0.15) is 0 Å². The van der Waals surface area contributed by atoms with Crippen LogP contribution in [0.5, 0.6) is 5.75 Å². The topological polar surface area (TPSA) is 64.4 Å². The van der Waals surface area contributed by atoms with Gasteiger partial charge in [-0.15, -0.1) is 0 Å². The van der Waals surface area contributed by atoms with E-state index in [4.69, 9.17) is 4.74 Å². The van der Waals surface area contributed by atoms with Crippen molar-refractivity contribution >= 4 is 27.3 Å². The standard InChI is InChI=1S/C14H12BrFN2O3/c1-21-12-5-9(4-11(7-12)18(19)20)8-17-14-6-10(16)2-3-13(14)15/h2-7,17H,8H2,1H3. The summed E-state index contributed by atoms with van der Waals surface area (Å²) in [5.74, 6) is 0.0385. The first kappa shape index (κ1) is 15.2. The van der Waals surface area contributed by atoms with Crippen LogP contribution in [0.15, 0.2) is 40.9 Å². The first-order valence-electron chi connectivity index (χ1n) is 6.01. The Kier molecular flexibility index (Phi) is 4.74. The molecule has 1 N–H and O–H groups in total. The number of methoxy groups -OCH3 is 1. The molecule has 0 unspecified atom stereocenters. The largest absolute Gasteiger partial charge is 0.496 e. The minimum atomic E-state index is -0.482. The SMILES string of the molecule is COc1cc(CNc2cc(F)ccc2Br)cc([N+](=O)[O-])c1. The zero-order valence-corrected chi connectivity index (χ0v) is 12.7. The lowest BCUT2D eigenvalue weighted by atomic mass is 10.2. The highest BCUT2D eigenvalue weighted by Crippen LogP contribution is 2.26. The Labute approximate surface area is 129 Å². The monoisotopic (exact) mass is 354 g/mol. The van der Waals surface area contributed by atoms with Crippen molar-refractivity contribution < 1.29 is 14.1 Å². The molecule has 0 aliphatic carbocycles. The molecular weight excluding hydrogens is 343 g/mol. The smallest absolute Gasteiger partial charge is 0.273 e. The maximum atomic E-state index is 13.2. The van der Waals surface area contributed by atoms with Crippen molar-refractivity contribution in [2.75, 3.05) is 12.4 Å². The van der Waals surface area contributed by atoms with Gasteiger partial charge in [0.05, 0.1) is 23.8 Å². The molecule has 7 heteroatoms. The van der Waals surface area contributed by atoms with Gasteiger partial charge < -0.3 is 10.1 Å². The number of nitrogens with one attached hydrogen (secondary N) is 1. The summed E-state index contributed by atoms with van der Waals surface area (Å²) in [6.45, 7) is 0.306. The number of anilines is 1. The summed E-state index contributed by atoms with van der Waals surface area (Å²) in [7, 11) is 1.44. The fourth-order valence-electron chi connectivity index (χ4n) is 1.80. The fraction of sp³-hybridized carbons (Fsp3) is 0.143. The lowest BCUT2D eigenvalue weighted by Crippen LogP contribution is -2.02. The van der Waals surface area contributed by atoms with Crippen molar-refractivity contribution in [1.82, 2.24) is 0 Å². The highest BCUT2D eigenvalue weighted by Gasteiger charge is 2.10. The van der Waals surface area contributed by atoms with Crippen molar-refractivity contribution in [2.24, 2.45) is 0 Å². The predicted molar refractivity (Wildman–Crippen MR) is 81.1 cm³/mol. The summed E-state index contributed by atoms with van der Waals surface area (Å²) in [4.78, 5) is 10.4. The van der Waals surface area contributed by atoms with E-state index in [1.807, 2.05) is 0 Å². The van der Waals surface area contributed by atoms with Crippen LogP contribution in [0.1, 0.15) is 5.56 Å². The Balaban J connectivity index is 2.21. The number of halogens is 2. The highest BCUT2D eigenvalue weighted by atomic mass is 79.9. The van der Waals surface area contributed by atoms with Crippen LogP contribution in [0.25, 0.3) is 0 Å². The molecule has 0 bridgehead atoms. The Morgan fingerprint density at radius 3 is 2.76 bits per heavy atom. The summed E-state index contributed by atoms with van der Waals surface area (Å²) < 4.78 is 18.9. The Hall–Kier alpha value is -2.15. The summed E-state index contributed by atoms with van der Waals surface area (Å²) in [6.07, 6.45) is 0. The molecular formula is C14H12BrFN2O3. The first-order chi connectivity index (χ1) is 9.99. The van der Waals surface area contributed by atoms with E-state index in [-0.39, 0.29) is 11.5 Å². The molecule has 0 aliphatic rings. The fourth-order valence-corrected chi connectivity index (χ4v) is 2.19. The number of ether oxygens (including phenoxy) is 1. The lowest BCUT2D eigenvalue weighted by Gasteiger charge is -2.10. The molecule has 0 saturated heterocycles. The normalized spacial score (nSPS) is 10.2. The zero-order valence-electron chi connectivity index (χ0n) is 11.1. The molecule has 0 saturated carbocycles. The number of benzene rings is 2. The van der Waals surface area contributed by atoms with E-state index in [9.17, 15) is 14.5 Å². The van der Waals surface area contributed by atoms with Gasteiger partial charge in [0.2, 0.25) is 0 Å². The third kappa shape index (κ3) is 3.91. The molecule has 0 aromatic heterocycles. The van der Waals surface area contributed by atoms with Gasteiger partial charge in [-0.25, -0.2) is 4.39 Å². The maximum Gasteiger partial charge on any atom is 0.273 e. The average molecular weight is 355 g/mol. The summed E-state index contributed by atoms with van der Waals surface area (Å²) in [5.41, 5.74) is 1.18. The second-order valence-corrected chi connectivity index (χ2v) is 5.13. The van der Waals surface area contributed by atoms with E-state index in [0.717, 1.165) is 0 Å². The number of nitro groups is 1. The quantitative estimate of drug-likeness (QED) is 0.647. The second-order valence-electron chi connectivity index (χ2n) is 4.27.